The molecule has 1 heterocycles. The Balaban J connectivity index is 2.58. The smallest absolute Gasteiger partial charge is 0.205 e. The van der Waals surface area contributed by atoms with Gasteiger partial charge >= 0.3 is 0 Å². The number of hydrazine groups is 1. The highest BCUT2D eigenvalue weighted by Crippen LogP contribution is 2.27. The standard InChI is InChI=1S/C10H19N5O2/c1-7(16)4-3-5-12-9-8(17-2)10(15-11)14-6-13-9/h6-7,16H,3-5,11H2,1-2H3,(H2,12,13,14,15). The molecule has 17 heavy (non-hydrogen) atoms. The number of anilines is 2. The number of hydrogen-bond acceptors (Lipinski definition) is 7. The highest BCUT2D eigenvalue weighted by Gasteiger charge is 2.10. The number of ether oxygens (including phenoxy) is 1. The van der Waals surface area contributed by atoms with Crippen molar-refractivity contribution < 1.29 is 9.84 Å². The number of aliphatic hydroxyl groups is 1. The summed E-state index contributed by atoms with van der Waals surface area (Å²) in [5.41, 5.74) is 2.44. The van der Waals surface area contributed by atoms with Gasteiger partial charge in [0, 0.05) is 6.54 Å². The summed E-state index contributed by atoms with van der Waals surface area (Å²) >= 11 is 0. The molecular formula is C10H19N5O2. The molecule has 0 aliphatic rings. The van der Waals surface area contributed by atoms with Crippen molar-refractivity contribution in [3.8, 4) is 5.75 Å². The normalized spacial score (nSPS) is 12.0. The van der Waals surface area contributed by atoms with Gasteiger partial charge in [-0.05, 0) is 19.8 Å². The van der Waals surface area contributed by atoms with E-state index in [-0.39, 0.29) is 6.10 Å². The van der Waals surface area contributed by atoms with Crippen molar-refractivity contribution in [1.29, 1.82) is 0 Å². The maximum Gasteiger partial charge on any atom is 0.205 e. The van der Waals surface area contributed by atoms with Crippen LogP contribution in [0, 0.1) is 0 Å². The maximum absolute atomic E-state index is 9.13. The van der Waals surface area contributed by atoms with Gasteiger partial charge in [-0.3, -0.25) is 0 Å². The van der Waals surface area contributed by atoms with Gasteiger partial charge in [0.2, 0.25) is 5.75 Å². The Bertz CT molecular complexity index is 345. The Morgan fingerprint density at radius 2 is 2.18 bits per heavy atom. The van der Waals surface area contributed by atoms with Gasteiger partial charge in [-0.2, -0.15) is 0 Å². The molecule has 0 aromatic carbocycles. The molecular weight excluding hydrogens is 222 g/mol. The van der Waals surface area contributed by atoms with Crippen molar-refractivity contribution in [2.24, 2.45) is 5.84 Å². The molecule has 7 nitrogen and oxygen atoms in total. The summed E-state index contributed by atoms with van der Waals surface area (Å²) in [5.74, 6) is 6.80. The number of rotatable bonds is 7. The summed E-state index contributed by atoms with van der Waals surface area (Å²) in [4.78, 5) is 8.00. The number of nitrogens with two attached hydrogens (primary N) is 1. The summed E-state index contributed by atoms with van der Waals surface area (Å²) in [6.07, 6.45) is 2.69. The monoisotopic (exact) mass is 241 g/mol. The highest BCUT2D eigenvalue weighted by atomic mass is 16.5. The van der Waals surface area contributed by atoms with Crippen LogP contribution in [0.4, 0.5) is 11.6 Å². The average Bonchev–Trinajstić information content (AvgIpc) is 2.33. The molecule has 0 radical (unpaired) electrons. The molecule has 1 atom stereocenters. The van der Waals surface area contributed by atoms with Crippen molar-refractivity contribution in [3.05, 3.63) is 6.33 Å². The van der Waals surface area contributed by atoms with E-state index in [0.29, 0.717) is 23.9 Å². The third-order valence-corrected chi connectivity index (χ3v) is 2.24. The Morgan fingerprint density at radius 3 is 2.76 bits per heavy atom. The van der Waals surface area contributed by atoms with Crippen LogP contribution in [0.15, 0.2) is 6.33 Å². The van der Waals surface area contributed by atoms with Crippen molar-refractivity contribution in [2.45, 2.75) is 25.9 Å². The molecule has 0 fully saturated rings. The first-order valence-corrected chi connectivity index (χ1v) is 5.46. The van der Waals surface area contributed by atoms with Crippen molar-refractivity contribution in [1.82, 2.24) is 9.97 Å². The molecule has 1 rings (SSSR count). The number of methoxy groups -OCH3 is 1. The van der Waals surface area contributed by atoms with E-state index in [1.54, 1.807) is 6.92 Å². The number of nitrogens with zero attached hydrogens (tertiary/aromatic N) is 2. The first-order valence-electron chi connectivity index (χ1n) is 5.46. The molecule has 0 saturated carbocycles. The van der Waals surface area contributed by atoms with E-state index >= 15 is 0 Å². The largest absolute Gasteiger partial charge is 0.490 e. The number of nitrogens with one attached hydrogen (secondary N) is 2. The van der Waals surface area contributed by atoms with Gasteiger partial charge in [-0.1, -0.05) is 0 Å². The molecule has 1 unspecified atom stereocenters. The Kier molecular flexibility index (Phi) is 5.44. The van der Waals surface area contributed by atoms with Crippen LogP contribution in [0.1, 0.15) is 19.8 Å². The van der Waals surface area contributed by atoms with Crippen molar-refractivity contribution in [3.63, 3.8) is 0 Å². The first-order chi connectivity index (χ1) is 8.19. The SMILES string of the molecule is COc1c(NN)ncnc1NCCCC(C)O. The molecule has 1 aromatic rings. The van der Waals surface area contributed by atoms with E-state index in [1.807, 2.05) is 0 Å². The summed E-state index contributed by atoms with van der Waals surface area (Å²) in [5, 5.41) is 12.2. The lowest BCUT2D eigenvalue weighted by Crippen LogP contribution is -2.13. The molecule has 5 N–H and O–H groups in total. The maximum atomic E-state index is 9.13. The lowest BCUT2D eigenvalue weighted by molar-refractivity contribution is 0.183. The predicted octanol–water partition coefficient (Wildman–Crippen LogP) is 0.344. The molecule has 0 aliphatic carbocycles. The molecule has 0 aliphatic heterocycles. The fourth-order valence-corrected chi connectivity index (χ4v) is 1.40. The number of hydrogen-bond donors (Lipinski definition) is 4. The van der Waals surface area contributed by atoms with Gasteiger partial charge in [0.05, 0.1) is 13.2 Å². The van der Waals surface area contributed by atoms with E-state index in [4.69, 9.17) is 15.7 Å². The third kappa shape index (κ3) is 4.04. The Morgan fingerprint density at radius 1 is 1.47 bits per heavy atom. The average molecular weight is 241 g/mol. The van der Waals surface area contributed by atoms with Gasteiger partial charge in [-0.25, -0.2) is 15.8 Å². The fraction of sp³-hybridized carbons (Fsp3) is 0.600. The molecule has 0 bridgehead atoms. The van der Waals surface area contributed by atoms with Crippen LogP contribution < -0.4 is 21.3 Å². The predicted molar refractivity (Wildman–Crippen MR) is 65.8 cm³/mol. The van der Waals surface area contributed by atoms with Crippen LogP contribution in [-0.2, 0) is 0 Å². The number of aromatic nitrogens is 2. The fourth-order valence-electron chi connectivity index (χ4n) is 1.40. The minimum atomic E-state index is -0.287. The van der Waals surface area contributed by atoms with Crippen molar-refractivity contribution in [2.75, 3.05) is 24.4 Å². The number of nitrogen functional groups attached to an aromatic ring is 1. The van der Waals surface area contributed by atoms with Crippen LogP contribution in [0.2, 0.25) is 0 Å². The minimum absolute atomic E-state index is 0.287. The zero-order chi connectivity index (χ0) is 12.7. The lowest BCUT2D eigenvalue weighted by Gasteiger charge is -2.12. The molecule has 0 spiro atoms. The summed E-state index contributed by atoms with van der Waals surface area (Å²) < 4.78 is 5.17. The second-order valence-corrected chi connectivity index (χ2v) is 3.67. The Hall–Kier alpha value is -1.60. The van der Waals surface area contributed by atoms with Gasteiger partial charge in [-0.15, -0.1) is 0 Å². The summed E-state index contributed by atoms with van der Waals surface area (Å²) in [6.45, 7) is 2.46. The van der Waals surface area contributed by atoms with E-state index in [9.17, 15) is 0 Å². The molecule has 7 heteroatoms. The summed E-state index contributed by atoms with van der Waals surface area (Å²) in [6, 6.07) is 0. The molecule has 0 amide bonds. The summed E-state index contributed by atoms with van der Waals surface area (Å²) in [7, 11) is 1.53. The molecule has 0 saturated heterocycles. The quantitative estimate of drug-likeness (QED) is 0.310. The molecule has 1 aromatic heterocycles. The van der Waals surface area contributed by atoms with Gasteiger partial charge in [0.15, 0.2) is 11.6 Å². The van der Waals surface area contributed by atoms with Gasteiger partial charge < -0.3 is 20.6 Å². The van der Waals surface area contributed by atoms with Crippen LogP contribution in [0.25, 0.3) is 0 Å². The van der Waals surface area contributed by atoms with E-state index in [1.165, 1.54) is 13.4 Å². The number of aliphatic hydroxyl groups excluding tert-OH is 1. The van der Waals surface area contributed by atoms with Gasteiger partial charge in [0.25, 0.3) is 0 Å². The van der Waals surface area contributed by atoms with Crippen LogP contribution in [0.3, 0.4) is 0 Å². The Labute approximate surface area is 100 Å². The van der Waals surface area contributed by atoms with Crippen LogP contribution in [0.5, 0.6) is 5.75 Å². The van der Waals surface area contributed by atoms with Crippen LogP contribution >= 0.6 is 0 Å². The van der Waals surface area contributed by atoms with E-state index < -0.39 is 0 Å². The minimum Gasteiger partial charge on any atom is -0.490 e. The zero-order valence-electron chi connectivity index (χ0n) is 10.1. The zero-order valence-corrected chi connectivity index (χ0v) is 10.1. The second kappa shape index (κ2) is 6.87. The van der Waals surface area contributed by atoms with Crippen LogP contribution in [-0.4, -0.2) is 34.8 Å². The van der Waals surface area contributed by atoms with E-state index in [2.05, 4.69) is 20.7 Å². The molecule has 96 valence electrons. The first kappa shape index (κ1) is 13.5. The lowest BCUT2D eigenvalue weighted by atomic mass is 10.2. The van der Waals surface area contributed by atoms with Gasteiger partial charge in [0.1, 0.15) is 6.33 Å². The van der Waals surface area contributed by atoms with E-state index in [0.717, 1.165) is 12.8 Å². The van der Waals surface area contributed by atoms with Crippen molar-refractivity contribution >= 4 is 11.6 Å². The second-order valence-electron chi connectivity index (χ2n) is 3.67. The third-order valence-electron chi connectivity index (χ3n) is 2.24. The topological polar surface area (TPSA) is 105 Å². The highest BCUT2D eigenvalue weighted by molar-refractivity contribution is 5.62.